The summed E-state index contributed by atoms with van der Waals surface area (Å²) in [5.41, 5.74) is 8.00. The predicted molar refractivity (Wildman–Crippen MR) is 65.2 cm³/mol. The summed E-state index contributed by atoms with van der Waals surface area (Å²) in [6, 6.07) is -0.622. The van der Waals surface area contributed by atoms with Crippen molar-refractivity contribution in [2.45, 2.75) is 51.9 Å². The van der Waals surface area contributed by atoms with E-state index in [0.29, 0.717) is 6.61 Å². The van der Waals surface area contributed by atoms with E-state index < -0.39 is 6.03 Å². The lowest BCUT2D eigenvalue weighted by atomic mass is 10.1. The van der Waals surface area contributed by atoms with Crippen LogP contribution in [0.15, 0.2) is 5.10 Å². The average Bonchev–Trinajstić information content (AvgIpc) is 2.25. The number of amides is 2. The third-order valence-corrected chi connectivity index (χ3v) is 2.30. The van der Waals surface area contributed by atoms with Gasteiger partial charge < -0.3 is 10.8 Å². The normalized spacial score (nSPS) is 11.5. The number of hydrazone groups is 1. The summed E-state index contributed by atoms with van der Waals surface area (Å²) in [6.07, 6.45) is 7.51. The Bertz CT molecular complexity index is 217. The van der Waals surface area contributed by atoms with Gasteiger partial charge in [-0.1, -0.05) is 25.7 Å². The van der Waals surface area contributed by atoms with Crippen LogP contribution >= 0.6 is 0 Å². The molecule has 0 saturated carbocycles. The Kier molecular flexibility index (Phi) is 9.70. The van der Waals surface area contributed by atoms with Gasteiger partial charge in [-0.3, -0.25) is 0 Å². The van der Waals surface area contributed by atoms with E-state index in [9.17, 15) is 4.79 Å². The predicted octanol–water partition coefficient (Wildman–Crippen LogP) is 1.75. The maximum atomic E-state index is 10.4. The van der Waals surface area contributed by atoms with E-state index in [2.05, 4.69) is 10.5 Å². The molecule has 0 heterocycles. The van der Waals surface area contributed by atoms with Gasteiger partial charge in [0, 0.05) is 12.3 Å². The van der Waals surface area contributed by atoms with Crippen molar-refractivity contribution in [2.24, 2.45) is 10.8 Å². The number of rotatable bonds is 9. The molecule has 16 heavy (non-hydrogen) atoms. The van der Waals surface area contributed by atoms with E-state index in [0.717, 1.165) is 37.8 Å². The number of nitrogens with one attached hydrogen (secondary N) is 1. The first-order valence-electron chi connectivity index (χ1n) is 5.86. The van der Waals surface area contributed by atoms with Crippen molar-refractivity contribution in [1.29, 1.82) is 0 Å². The topological polar surface area (TPSA) is 87.7 Å². The SMILES string of the molecule is C/C(CCCCCCCCO)=N\NC(N)=O. The maximum Gasteiger partial charge on any atom is 0.332 e. The maximum absolute atomic E-state index is 10.4. The lowest BCUT2D eigenvalue weighted by Gasteiger charge is -2.01. The number of hydrogen-bond donors (Lipinski definition) is 3. The van der Waals surface area contributed by atoms with Crippen LogP contribution in [0.1, 0.15) is 51.9 Å². The van der Waals surface area contributed by atoms with Crippen LogP contribution in [0.4, 0.5) is 4.79 Å². The smallest absolute Gasteiger partial charge is 0.332 e. The van der Waals surface area contributed by atoms with Gasteiger partial charge in [-0.2, -0.15) is 5.10 Å². The van der Waals surface area contributed by atoms with Crippen LogP contribution in [0, 0.1) is 0 Å². The minimum Gasteiger partial charge on any atom is -0.396 e. The third-order valence-electron chi connectivity index (χ3n) is 2.30. The zero-order valence-electron chi connectivity index (χ0n) is 10.0. The molecule has 2 amide bonds. The van der Waals surface area contributed by atoms with Crippen LogP contribution in [-0.2, 0) is 0 Å². The van der Waals surface area contributed by atoms with Gasteiger partial charge in [0.25, 0.3) is 0 Å². The first kappa shape index (κ1) is 14.9. The minimum absolute atomic E-state index is 0.296. The molecule has 0 saturated heterocycles. The van der Waals surface area contributed by atoms with E-state index in [1.807, 2.05) is 6.92 Å². The van der Waals surface area contributed by atoms with Crippen molar-refractivity contribution < 1.29 is 9.90 Å². The second kappa shape index (κ2) is 10.4. The molecular weight excluding hydrogens is 206 g/mol. The van der Waals surface area contributed by atoms with Gasteiger partial charge in [-0.05, 0) is 26.2 Å². The molecule has 0 aliphatic carbocycles. The first-order chi connectivity index (χ1) is 7.66. The summed E-state index contributed by atoms with van der Waals surface area (Å²) in [5.74, 6) is 0. The Morgan fingerprint density at radius 3 is 2.31 bits per heavy atom. The molecule has 0 rings (SSSR count). The Morgan fingerprint density at radius 1 is 1.19 bits per heavy atom. The van der Waals surface area contributed by atoms with Gasteiger partial charge in [-0.25, -0.2) is 10.2 Å². The van der Waals surface area contributed by atoms with E-state index in [4.69, 9.17) is 10.8 Å². The Morgan fingerprint density at radius 2 is 1.75 bits per heavy atom. The molecule has 0 unspecified atom stereocenters. The van der Waals surface area contributed by atoms with Gasteiger partial charge in [-0.15, -0.1) is 0 Å². The highest BCUT2D eigenvalue weighted by atomic mass is 16.2. The number of nitrogens with zero attached hydrogens (tertiary/aromatic N) is 1. The van der Waals surface area contributed by atoms with Gasteiger partial charge in [0.05, 0.1) is 0 Å². The summed E-state index contributed by atoms with van der Waals surface area (Å²) in [4.78, 5) is 10.4. The van der Waals surface area contributed by atoms with E-state index in [1.165, 1.54) is 12.8 Å². The van der Waals surface area contributed by atoms with Crippen LogP contribution in [0.3, 0.4) is 0 Å². The number of hydrogen-bond acceptors (Lipinski definition) is 3. The van der Waals surface area contributed by atoms with Crippen molar-refractivity contribution in [2.75, 3.05) is 6.61 Å². The van der Waals surface area contributed by atoms with Crippen LogP contribution in [-0.4, -0.2) is 23.5 Å². The largest absolute Gasteiger partial charge is 0.396 e. The molecule has 0 aliphatic rings. The first-order valence-corrected chi connectivity index (χ1v) is 5.86. The molecule has 0 bridgehead atoms. The molecule has 0 fully saturated rings. The van der Waals surface area contributed by atoms with Gasteiger partial charge in [0.15, 0.2) is 0 Å². The summed E-state index contributed by atoms with van der Waals surface area (Å²) in [6.45, 7) is 2.17. The lowest BCUT2D eigenvalue weighted by Crippen LogP contribution is -2.25. The molecule has 94 valence electrons. The summed E-state index contributed by atoms with van der Waals surface area (Å²) in [5, 5.41) is 12.4. The number of carbonyl (C=O) groups is 1. The molecule has 0 aromatic rings. The van der Waals surface area contributed by atoms with E-state index >= 15 is 0 Å². The molecule has 5 nitrogen and oxygen atoms in total. The highest BCUT2D eigenvalue weighted by Crippen LogP contribution is 2.07. The zero-order chi connectivity index (χ0) is 12.2. The molecule has 0 atom stereocenters. The molecule has 0 aromatic heterocycles. The van der Waals surface area contributed by atoms with Gasteiger partial charge in [0.2, 0.25) is 0 Å². The Balaban J connectivity index is 3.30. The van der Waals surface area contributed by atoms with Crippen molar-refractivity contribution in [3.8, 4) is 0 Å². The molecule has 4 N–H and O–H groups in total. The number of unbranched alkanes of at least 4 members (excludes halogenated alkanes) is 5. The number of primary amides is 1. The summed E-state index contributed by atoms with van der Waals surface area (Å²) >= 11 is 0. The number of aliphatic hydroxyl groups is 1. The fraction of sp³-hybridized carbons (Fsp3) is 0.818. The van der Waals surface area contributed by atoms with Crippen LogP contribution in [0.5, 0.6) is 0 Å². The van der Waals surface area contributed by atoms with Crippen molar-refractivity contribution >= 4 is 11.7 Å². The highest BCUT2D eigenvalue weighted by molar-refractivity contribution is 5.83. The Labute approximate surface area is 97.1 Å². The second-order valence-corrected chi connectivity index (χ2v) is 3.92. The number of urea groups is 1. The van der Waals surface area contributed by atoms with Crippen LogP contribution in [0.25, 0.3) is 0 Å². The van der Waals surface area contributed by atoms with Crippen LogP contribution < -0.4 is 11.2 Å². The van der Waals surface area contributed by atoms with Crippen LogP contribution in [0.2, 0.25) is 0 Å². The molecule has 5 heteroatoms. The highest BCUT2D eigenvalue weighted by Gasteiger charge is 1.95. The molecule has 0 radical (unpaired) electrons. The van der Waals surface area contributed by atoms with Gasteiger partial charge >= 0.3 is 6.03 Å². The third kappa shape index (κ3) is 11.0. The minimum atomic E-state index is -0.622. The van der Waals surface area contributed by atoms with Crippen molar-refractivity contribution in [1.82, 2.24) is 5.43 Å². The second-order valence-electron chi connectivity index (χ2n) is 3.92. The monoisotopic (exact) mass is 229 g/mol. The van der Waals surface area contributed by atoms with Crippen molar-refractivity contribution in [3.05, 3.63) is 0 Å². The number of nitrogens with two attached hydrogens (primary N) is 1. The quantitative estimate of drug-likeness (QED) is 0.319. The zero-order valence-corrected chi connectivity index (χ0v) is 10.0. The van der Waals surface area contributed by atoms with E-state index in [1.54, 1.807) is 0 Å². The van der Waals surface area contributed by atoms with Gasteiger partial charge in [0.1, 0.15) is 0 Å². The average molecular weight is 229 g/mol. The molecule has 0 aliphatic heterocycles. The van der Waals surface area contributed by atoms with Crippen molar-refractivity contribution in [3.63, 3.8) is 0 Å². The summed E-state index contributed by atoms with van der Waals surface area (Å²) in [7, 11) is 0. The Hall–Kier alpha value is -1.10. The lowest BCUT2D eigenvalue weighted by molar-refractivity contribution is 0.249. The standard InChI is InChI=1S/C11H23N3O2/c1-10(13-14-11(12)16)8-6-4-2-3-5-7-9-15/h15H,2-9H2,1H3,(H3,12,14,16)/b13-10+. The van der Waals surface area contributed by atoms with E-state index in [-0.39, 0.29) is 0 Å². The fourth-order valence-electron chi connectivity index (χ4n) is 1.41. The number of aliphatic hydroxyl groups excluding tert-OH is 1. The fourth-order valence-corrected chi connectivity index (χ4v) is 1.41. The number of carbonyl (C=O) groups excluding carboxylic acids is 1. The molecular formula is C11H23N3O2. The molecule has 0 aromatic carbocycles. The molecule has 0 spiro atoms. The summed E-state index contributed by atoms with van der Waals surface area (Å²) < 4.78 is 0.